The van der Waals surface area contributed by atoms with Crippen molar-refractivity contribution in [2.24, 2.45) is 10.8 Å². The van der Waals surface area contributed by atoms with Crippen LogP contribution in [0, 0.1) is 16.6 Å². The highest BCUT2D eigenvalue weighted by Crippen LogP contribution is 2.38. The first-order chi connectivity index (χ1) is 16.7. The third-order valence-electron chi connectivity index (χ3n) is 6.77. The van der Waals surface area contributed by atoms with Crippen LogP contribution in [0.15, 0.2) is 59.5 Å². The number of Topliss-reactive ketones (excluding diaryl/α,β-unsaturated/α-hetero) is 1. The highest BCUT2D eigenvalue weighted by Gasteiger charge is 2.46. The molecule has 0 saturated carbocycles. The molecule has 7 nitrogen and oxygen atoms in total. The Morgan fingerprint density at radius 1 is 1.14 bits per heavy atom. The summed E-state index contributed by atoms with van der Waals surface area (Å²) in [5, 5.41) is 10.9. The van der Waals surface area contributed by atoms with Crippen LogP contribution in [0.25, 0.3) is 27.7 Å². The van der Waals surface area contributed by atoms with Crippen molar-refractivity contribution in [3.8, 4) is 16.8 Å². The van der Waals surface area contributed by atoms with Crippen LogP contribution in [0.1, 0.15) is 33.0 Å². The van der Waals surface area contributed by atoms with Crippen molar-refractivity contribution in [3.05, 3.63) is 76.9 Å². The van der Waals surface area contributed by atoms with E-state index in [-0.39, 0.29) is 17.9 Å². The number of rotatable bonds is 5. The number of aromatic amines is 1. The molecule has 2 aromatic carbocycles. The first kappa shape index (κ1) is 23.1. The molecule has 4 aromatic rings. The molecule has 0 spiro atoms. The topological polar surface area (TPSA) is 92.7 Å². The third kappa shape index (κ3) is 4.18. The normalized spacial score (nSPS) is 18.3. The standard InChI is InChI=1S/C27H28FN5O2/c1-26(2,3)24(34)27(10-12-29-16-27)15-23-31-32-25(35)33(23)22-9-8-18(13-20(22)28)19-7-6-17-5-4-11-30-21(17)14-19/h4-9,11,13-14,29H,10,12,15-16H2,1-3H3,(H,32,35)/t27-/m0/s1. The van der Waals surface area contributed by atoms with Crippen LogP contribution in [0.5, 0.6) is 0 Å². The second-order valence-corrected chi connectivity index (χ2v) is 10.3. The van der Waals surface area contributed by atoms with Gasteiger partial charge in [0.1, 0.15) is 17.4 Å². The van der Waals surface area contributed by atoms with Crippen molar-refractivity contribution in [3.63, 3.8) is 0 Å². The van der Waals surface area contributed by atoms with Crippen LogP contribution in [-0.4, -0.2) is 38.6 Å². The van der Waals surface area contributed by atoms with Gasteiger partial charge in [0.15, 0.2) is 0 Å². The van der Waals surface area contributed by atoms with Crippen molar-refractivity contribution < 1.29 is 9.18 Å². The number of nitrogens with one attached hydrogen (secondary N) is 2. The fourth-order valence-electron chi connectivity index (χ4n) is 5.08. The Hall–Kier alpha value is -3.65. The molecule has 5 rings (SSSR count). The number of benzene rings is 2. The van der Waals surface area contributed by atoms with Gasteiger partial charge in [0.25, 0.3) is 0 Å². The van der Waals surface area contributed by atoms with E-state index in [2.05, 4.69) is 20.5 Å². The quantitative estimate of drug-likeness (QED) is 0.456. The van der Waals surface area contributed by atoms with Gasteiger partial charge in [-0.15, -0.1) is 0 Å². The van der Waals surface area contributed by atoms with Crippen molar-refractivity contribution in [2.45, 2.75) is 33.6 Å². The van der Waals surface area contributed by atoms with Crippen LogP contribution >= 0.6 is 0 Å². The minimum Gasteiger partial charge on any atom is -0.316 e. The molecule has 0 bridgehead atoms. The lowest BCUT2D eigenvalue weighted by atomic mass is 9.69. The molecule has 1 aliphatic rings. The van der Waals surface area contributed by atoms with Crippen molar-refractivity contribution in [1.82, 2.24) is 25.1 Å². The van der Waals surface area contributed by atoms with E-state index in [0.29, 0.717) is 30.9 Å². The molecular weight excluding hydrogens is 445 g/mol. The van der Waals surface area contributed by atoms with E-state index in [4.69, 9.17) is 0 Å². The zero-order chi connectivity index (χ0) is 24.8. The summed E-state index contributed by atoms with van der Waals surface area (Å²) < 4.78 is 16.7. The largest absolute Gasteiger partial charge is 0.348 e. The number of hydrogen-bond donors (Lipinski definition) is 2. The van der Waals surface area contributed by atoms with Gasteiger partial charge >= 0.3 is 5.69 Å². The van der Waals surface area contributed by atoms with Gasteiger partial charge in [-0.25, -0.2) is 18.9 Å². The Morgan fingerprint density at radius 3 is 2.63 bits per heavy atom. The Morgan fingerprint density at radius 2 is 1.91 bits per heavy atom. The maximum absolute atomic E-state index is 15.4. The van der Waals surface area contributed by atoms with E-state index in [1.807, 2.05) is 51.1 Å². The molecule has 0 amide bonds. The average molecular weight is 474 g/mol. The van der Waals surface area contributed by atoms with Gasteiger partial charge in [-0.3, -0.25) is 9.78 Å². The molecule has 2 N–H and O–H groups in total. The minimum absolute atomic E-state index is 0.103. The lowest BCUT2D eigenvalue weighted by molar-refractivity contribution is -0.135. The molecule has 8 heteroatoms. The number of carbonyl (C=O) groups excluding carboxylic acids is 1. The van der Waals surface area contributed by atoms with Crippen LogP contribution < -0.4 is 11.0 Å². The highest BCUT2D eigenvalue weighted by molar-refractivity contribution is 5.90. The zero-order valence-corrected chi connectivity index (χ0v) is 20.1. The summed E-state index contributed by atoms with van der Waals surface area (Å²) >= 11 is 0. The number of nitrogens with zero attached hydrogens (tertiary/aromatic N) is 3. The molecule has 2 aromatic heterocycles. The summed E-state index contributed by atoms with van der Waals surface area (Å²) in [7, 11) is 0. The van der Waals surface area contributed by atoms with Gasteiger partial charge in [0.05, 0.1) is 16.6 Å². The summed E-state index contributed by atoms with van der Waals surface area (Å²) in [6, 6.07) is 14.4. The highest BCUT2D eigenvalue weighted by atomic mass is 19.1. The Balaban J connectivity index is 1.52. The van der Waals surface area contributed by atoms with Crippen LogP contribution in [0.3, 0.4) is 0 Å². The van der Waals surface area contributed by atoms with Crippen molar-refractivity contribution in [2.75, 3.05) is 13.1 Å². The van der Waals surface area contributed by atoms with E-state index < -0.39 is 22.3 Å². The van der Waals surface area contributed by atoms with Crippen LogP contribution in [0.4, 0.5) is 4.39 Å². The van der Waals surface area contributed by atoms with Gasteiger partial charge in [-0.05, 0) is 48.4 Å². The summed E-state index contributed by atoms with van der Waals surface area (Å²) in [5.41, 5.74) is 0.647. The average Bonchev–Trinajstić information content (AvgIpc) is 3.45. The fraction of sp³-hybridized carbons (Fsp3) is 0.333. The number of H-pyrrole nitrogens is 1. The number of fused-ring (bicyclic) bond motifs is 1. The molecule has 1 atom stereocenters. The monoisotopic (exact) mass is 473 g/mol. The molecule has 180 valence electrons. The molecule has 3 heterocycles. The first-order valence-electron chi connectivity index (χ1n) is 11.7. The summed E-state index contributed by atoms with van der Waals surface area (Å²) in [5.74, 6) is -0.0929. The molecule has 0 aliphatic carbocycles. The third-order valence-corrected chi connectivity index (χ3v) is 6.77. The van der Waals surface area contributed by atoms with Crippen molar-refractivity contribution in [1.29, 1.82) is 0 Å². The van der Waals surface area contributed by atoms with Gasteiger partial charge in [0.2, 0.25) is 0 Å². The maximum atomic E-state index is 15.4. The second kappa shape index (κ2) is 8.53. The van der Waals surface area contributed by atoms with Gasteiger partial charge in [-0.2, -0.15) is 5.10 Å². The smallest absolute Gasteiger partial charge is 0.316 e. The summed E-state index contributed by atoms with van der Waals surface area (Å²) in [6.07, 6.45) is 2.60. The number of hydrogen-bond acceptors (Lipinski definition) is 5. The molecular formula is C27H28FN5O2. The van der Waals surface area contributed by atoms with Gasteiger partial charge in [0, 0.05) is 30.0 Å². The predicted octanol–water partition coefficient (Wildman–Crippen LogP) is 4.05. The number of ketones is 1. The molecule has 1 saturated heterocycles. The maximum Gasteiger partial charge on any atom is 0.348 e. The lowest BCUT2D eigenvalue weighted by Gasteiger charge is -2.33. The SMILES string of the molecule is CC(C)(C)C(=O)[C@]1(Cc2n[nH]c(=O)n2-c2ccc(-c3ccc4cccnc4c3)cc2F)CCNC1. The second-order valence-electron chi connectivity index (χ2n) is 10.3. The van der Waals surface area contributed by atoms with E-state index in [1.54, 1.807) is 18.3 Å². The minimum atomic E-state index is -0.698. The molecule has 35 heavy (non-hydrogen) atoms. The Bertz CT molecular complexity index is 1470. The zero-order valence-electron chi connectivity index (χ0n) is 20.1. The number of halogens is 1. The summed E-state index contributed by atoms with van der Waals surface area (Å²) in [6.45, 7) is 6.90. The fourth-order valence-corrected chi connectivity index (χ4v) is 5.08. The van der Waals surface area contributed by atoms with Gasteiger partial charge < -0.3 is 5.32 Å². The van der Waals surface area contributed by atoms with E-state index in [9.17, 15) is 9.59 Å². The molecule has 0 radical (unpaired) electrons. The predicted molar refractivity (Wildman–Crippen MR) is 133 cm³/mol. The number of aromatic nitrogens is 4. The molecule has 0 unspecified atom stereocenters. The van der Waals surface area contributed by atoms with E-state index >= 15 is 4.39 Å². The summed E-state index contributed by atoms with van der Waals surface area (Å²) in [4.78, 5) is 30.4. The van der Waals surface area contributed by atoms with Crippen LogP contribution in [-0.2, 0) is 11.2 Å². The molecule has 1 fully saturated rings. The number of pyridine rings is 1. The van der Waals surface area contributed by atoms with Crippen LogP contribution in [0.2, 0.25) is 0 Å². The Kier molecular flexibility index (Phi) is 5.63. The van der Waals surface area contributed by atoms with Gasteiger partial charge in [-0.1, -0.05) is 45.0 Å². The first-order valence-corrected chi connectivity index (χ1v) is 11.7. The van der Waals surface area contributed by atoms with E-state index in [0.717, 1.165) is 16.5 Å². The molecule has 1 aliphatic heterocycles. The van der Waals surface area contributed by atoms with E-state index in [1.165, 1.54) is 10.6 Å². The number of carbonyl (C=O) groups is 1. The lowest BCUT2D eigenvalue weighted by Crippen LogP contribution is -2.43. The Labute approximate surface area is 202 Å². The van der Waals surface area contributed by atoms with Crippen molar-refractivity contribution >= 4 is 16.7 Å².